The third-order valence-corrected chi connectivity index (χ3v) is 2.14. The van der Waals surface area contributed by atoms with Gasteiger partial charge >= 0.3 is 0 Å². The third-order valence-electron chi connectivity index (χ3n) is 2.14. The lowest BCUT2D eigenvalue weighted by Crippen LogP contribution is -2.02. The summed E-state index contributed by atoms with van der Waals surface area (Å²) >= 11 is 0. The Bertz CT molecular complexity index is 460. The van der Waals surface area contributed by atoms with Crippen molar-refractivity contribution in [3.05, 3.63) is 48.0 Å². The van der Waals surface area contributed by atoms with Crippen molar-refractivity contribution in [2.24, 2.45) is 0 Å². The van der Waals surface area contributed by atoms with Crippen LogP contribution < -0.4 is 0 Å². The van der Waals surface area contributed by atoms with Gasteiger partial charge in [0.25, 0.3) is 0 Å². The van der Waals surface area contributed by atoms with Crippen LogP contribution in [0.4, 0.5) is 0 Å². The zero-order chi connectivity index (χ0) is 10.7. The molecule has 0 unspecified atom stereocenters. The smallest absolute Gasteiger partial charge is 0.185 e. The summed E-state index contributed by atoms with van der Waals surface area (Å²) in [5, 5.41) is 9.11. The normalized spacial score (nSPS) is 10.1. The predicted octanol–water partition coefficient (Wildman–Crippen LogP) is 1.45. The number of imidazole rings is 1. The molecule has 0 amide bonds. The highest BCUT2D eigenvalue weighted by molar-refractivity contribution is 5.69. The van der Waals surface area contributed by atoms with Crippen molar-refractivity contribution in [1.82, 2.24) is 9.55 Å². The summed E-state index contributed by atoms with van der Waals surface area (Å²) in [6.45, 7) is 0.578. The first-order valence-corrected chi connectivity index (χ1v) is 4.54. The quantitative estimate of drug-likeness (QED) is 0.766. The Labute approximate surface area is 86.8 Å². The first-order chi connectivity index (χ1) is 7.29. The van der Waals surface area contributed by atoms with E-state index >= 15 is 0 Å². The predicted molar refractivity (Wildman–Crippen MR) is 54.8 cm³/mol. The molecule has 0 saturated carbocycles. The van der Waals surface area contributed by atoms with Crippen molar-refractivity contribution >= 4 is 6.29 Å². The molecule has 0 bridgehead atoms. The van der Waals surface area contributed by atoms with Gasteiger partial charge in [-0.05, 0) is 17.7 Å². The van der Waals surface area contributed by atoms with Gasteiger partial charge in [0.2, 0.25) is 0 Å². The average molecular weight is 202 g/mol. The van der Waals surface area contributed by atoms with E-state index in [-0.39, 0.29) is 5.75 Å². The molecule has 1 aromatic carbocycles. The molecule has 0 aliphatic heterocycles. The highest BCUT2D eigenvalue weighted by atomic mass is 16.3. The Kier molecular flexibility index (Phi) is 2.49. The van der Waals surface area contributed by atoms with Crippen LogP contribution in [0.1, 0.15) is 16.2 Å². The number of carbonyl (C=O) groups excluding carboxylic acids is 1. The maximum Gasteiger partial charge on any atom is 0.185 e. The zero-order valence-corrected chi connectivity index (χ0v) is 8.00. The number of aromatic hydroxyl groups is 1. The zero-order valence-electron chi connectivity index (χ0n) is 8.00. The average Bonchev–Trinajstić information content (AvgIpc) is 2.69. The molecule has 0 aliphatic rings. The Balaban J connectivity index is 2.21. The van der Waals surface area contributed by atoms with Crippen LogP contribution in [-0.4, -0.2) is 20.9 Å². The molecule has 0 fully saturated rings. The number of aromatic nitrogens is 2. The van der Waals surface area contributed by atoms with Crippen LogP contribution in [0.5, 0.6) is 5.75 Å². The Morgan fingerprint density at radius 3 is 2.73 bits per heavy atom. The van der Waals surface area contributed by atoms with Gasteiger partial charge in [-0.2, -0.15) is 0 Å². The molecule has 0 saturated heterocycles. The summed E-state index contributed by atoms with van der Waals surface area (Å²) in [6.07, 6.45) is 4.06. The number of phenolic OH excluding ortho intramolecular Hbond substituents is 1. The molecule has 1 N–H and O–H groups in total. The van der Waals surface area contributed by atoms with E-state index in [2.05, 4.69) is 4.98 Å². The van der Waals surface area contributed by atoms with E-state index in [1.165, 1.54) is 0 Å². The minimum atomic E-state index is 0.236. The Morgan fingerprint density at radius 2 is 2.07 bits per heavy atom. The fourth-order valence-corrected chi connectivity index (χ4v) is 1.37. The number of carbonyl (C=O) groups is 1. The highest BCUT2D eigenvalue weighted by Crippen LogP contribution is 2.11. The van der Waals surface area contributed by atoms with Gasteiger partial charge in [-0.15, -0.1) is 0 Å². The molecule has 2 aromatic rings. The summed E-state index contributed by atoms with van der Waals surface area (Å²) < 4.78 is 1.75. The number of hydrogen-bond acceptors (Lipinski definition) is 3. The lowest BCUT2D eigenvalue weighted by Gasteiger charge is -2.04. The molecule has 15 heavy (non-hydrogen) atoms. The molecule has 0 atom stereocenters. The van der Waals surface area contributed by atoms with E-state index in [9.17, 15) is 4.79 Å². The lowest BCUT2D eigenvalue weighted by molar-refractivity contribution is 0.111. The minimum Gasteiger partial charge on any atom is -0.508 e. The largest absolute Gasteiger partial charge is 0.508 e. The van der Waals surface area contributed by atoms with Crippen molar-refractivity contribution in [3.8, 4) is 5.75 Å². The number of phenols is 1. The van der Waals surface area contributed by atoms with Crippen LogP contribution in [0.3, 0.4) is 0 Å². The van der Waals surface area contributed by atoms with Crippen molar-refractivity contribution in [3.63, 3.8) is 0 Å². The summed E-state index contributed by atoms with van der Waals surface area (Å²) in [4.78, 5) is 14.5. The Hall–Kier alpha value is -2.10. The summed E-state index contributed by atoms with van der Waals surface area (Å²) in [5.74, 6) is 0.642. The number of hydrogen-bond donors (Lipinski definition) is 1. The first-order valence-electron chi connectivity index (χ1n) is 4.54. The molecule has 0 radical (unpaired) electrons. The van der Waals surface area contributed by atoms with E-state index < -0.39 is 0 Å². The summed E-state index contributed by atoms with van der Waals surface area (Å²) in [5.41, 5.74) is 1.01. The maximum absolute atomic E-state index is 10.6. The van der Waals surface area contributed by atoms with Crippen molar-refractivity contribution in [2.75, 3.05) is 0 Å². The van der Waals surface area contributed by atoms with Crippen LogP contribution in [0.25, 0.3) is 0 Å². The van der Waals surface area contributed by atoms with Gasteiger partial charge in [-0.3, -0.25) is 4.79 Å². The van der Waals surface area contributed by atoms with E-state index in [1.54, 1.807) is 29.1 Å². The minimum absolute atomic E-state index is 0.236. The van der Waals surface area contributed by atoms with Crippen LogP contribution in [0.2, 0.25) is 0 Å². The number of nitrogens with zero attached hydrogens (tertiary/aromatic N) is 2. The van der Waals surface area contributed by atoms with Crippen LogP contribution in [-0.2, 0) is 6.54 Å². The van der Waals surface area contributed by atoms with Gasteiger partial charge in [0.05, 0.1) is 0 Å². The van der Waals surface area contributed by atoms with Gasteiger partial charge < -0.3 is 9.67 Å². The van der Waals surface area contributed by atoms with E-state index in [0.29, 0.717) is 12.4 Å². The van der Waals surface area contributed by atoms with Crippen LogP contribution in [0, 0.1) is 0 Å². The molecule has 4 nitrogen and oxygen atoms in total. The standard InChI is InChI=1S/C11H10N2O2/c14-8-11-12-5-6-13(11)7-9-1-3-10(15)4-2-9/h1-6,8,15H,7H2. The molecule has 76 valence electrons. The van der Waals surface area contributed by atoms with Crippen molar-refractivity contribution in [2.45, 2.75) is 6.54 Å². The van der Waals surface area contributed by atoms with Crippen LogP contribution >= 0.6 is 0 Å². The maximum atomic E-state index is 10.6. The van der Waals surface area contributed by atoms with Gasteiger partial charge in [-0.1, -0.05) is 12.1 Å². The molecule has 0 spiro atoms. The second-order valence-corrected chi connectivity index (χ2v) is 3.20. The molecular formula is C11H10N2O2. The SMILES string of the molecule is O=Cc1nccn1Cc1ccc(O)cc1. The van der Waals surface area contributed by atoms with E-state index in [0.717, 1.165) is 11.8 Å². The van der Waals surface area contributed by atoms with Crippen molar-refractivity contribution in [1.29, 1.82) is 0 Å². The van der Waals surface area contributed by atoms with Gasteiger partial charge in [0.1, 0.15) is 5.75 Å². The fourth-order valence-electron chi connectivity index (χ4n) is 1.37. The topological polar surface area (TPSA) is 55.1 Å². The van der Waals surface area contributed by atoms with Gasteiger partial charge in [0.15, 0.2) is 12.1 Å². The molecule has 1 aromatic heterocycles. The number of aldehydes is 1. The summed E-state index contributed by atoms with van der Waals surface area (Å²) in [6, 6.07) is 6.85. The third kappa shape index (κ3) is 2.04. The fraction of sp³-hybridized carbons (Fsp3) is 0.0909. The lowest BCUT2D eigenvalue weighted by atomic mass is 10.2. The number of benzene rings is 1. The monoisotopic (exact) mass is 202 g/mol. The second kappa shape index (κ2) is 3.96. The first kappa shape index (κ1) is 9.45. The molecule has 1 heterocycles. The highest BCUT2D eigenvalue weighted by Gasteiger charge is 2.01. The molecule has 2 rings (SSSR count). The molecule has 4 heteroatoms. The second-order valence-electron chi connectivity index (χ2n) is 3.20. The molecule has 0 aliphatic carbocycles. The van der Waals surface area contributed by atoms with E-state index in [1.807, 2.05) is 12.1 Å². The van der Waals surface area contributed by atoms with Gasteiger partial charge in [0, 0.05) is 18.9 Å². The molecular weight excluding hydrogens is 192 g/mol. The Morgan fingerprint density at radius 1 is 1.33 bits per heavy atom. The van der Waals surface area contributed by atoms with E-state index in [4.69, 9.17) is 5.11 Å². The number of rotatable bonds is 3. The van der Waals surface area contributed by atoms with Crippen molar-refractivity contribution < 1.29 is 9.90 Å². The van der Waals surface area contributed by atoms with Gasteiger partial charge in [-0.25, -0.2) is 4.98 Å². The van der Waals surface area contributed by atoms with Crippen LogP contribution in [0.15, 0.2) is 36.7 Å². The summed E-state index contributed by atoms with van der Waals surface area (Å²) in [7, 11) is 0.